The zero-order chi connectivity index (χ0) is 19.8. The van der Waals surface area contributed by atoms with Crippen molar-refractivity contribution < 1.29 is 0 Å². The molecular formula is C20H11Cl2N3O3. The Hall–Kier alpha value is -3.27. The van der Waals surface area contributed by atoms with Gasteiger partial charge in [0, 0.05) is 21.0 Å². The van der Waals surface area contributed by atoms with E-state index in [2.05, 4.69) is 21.9 Å². The number of rotatable bonds is 1. The van der Waals surface area contributed by atoms with Crippen molar-refractivity contribution in [3.8, 4) is 11.8 Å². The fraction of sp³-hybridized carbons (Fsp3) is 0.0500. The second-order valence-electron chi connectivity index (χ2n) is 6.03. The van der Waals surface area contributed by atoms with Crippen molar-refractivity contribution in [3.63, 3.8) is 0 Å². The first-order chi connectivity index (χ1) is 13.4. The van der Waals surface area contributed by atoms with Gasteiger partial charge in [0.05, 0.1) is 5.52 Å². The summed E-state index contributed by atoms with van der Waals surface area (Å²) in [5, 5.41) is 3.50. The molecule has 138 valence electrons. The van der Waals surface area contributed by atoms with E-state index in [-0.39, 0.29) is 22.8 Å². The maximum Gasteiger partial charge on any atom is 0.287 e. The van der Waals surface area contributed by atoms with Gasteiger partial charge in [0.1, 0.15) is 17.4 Å². The predicted octanol–water partition coefficient (Wildman–Crippen LogP) is 2.89. The van der Waals surface area contributed by atoms with E-state index in [0.717, 1.165) is 4.68 Å². The van der Waals surface area contributed by atoms with Gasteiger partial charge < -0.3 is 4.98 Å². The van der Waals surface area contributed by atoms with E-state index in [1.807, 2.05) is 0 Å². The van der Waals surface area contributed by atoms with Crippen LogP contribution in [-0.2, 0) is 6.54 Å². The highest BCUT2D eigenvalue weighted by molar-refractivity contribution is 6.31. The molecule has 0 bridgehead atoms. The number of pyridine rings is 1. The average molecular weight is 412 g/mol. The molecule has 0 fully saturated rings. The lowest BCUT2D eigenvalue weighted by atomic mass is 10.1. The molecule has 2 N–H and O–H groups in total. The lowest BCUT2D eigenvalue weighted by molar-refractivity contribution is 0.659. The Balaban J connectivity index is 1.85. The van der Waals surface area contributed by atoms with Gasteiger partial charge >= 0.3 is 0 Å². The van der Waals surface area contributed by atoms with E-state index >= 15 is 0 Å². The summed E-state index contributed by atoms with van der Waals surface area (Å²) in [4.78, 5) is 40.8. The van der Waals surface area contributed by atoms with E-state index in [0.29, 0.717) is 21.1 Å². The minimum absolute atomic E-state index is 0.0786. The number of hydrogen-bond donors (Lipinski definition) is 2. The molecule has 0 spiro atoms. The van der Waals surface area contributed by atoms with Gasteiger partial charge in [-0.05, 0) is 42.5 Å². The molecular weight excluding hydrogens is 401 g/mol. The topological polar surface area (TPSA) is 87.7 Å². The summed E-state index contributed by atoms with van der Waals surface area (Å²) < 4.78 is 1.02. The number of benzene rings is 2. The van der Waals surface area contributed by atoms with Crippen LogP contribution >= 0.6 is 23.2 Å². The first-order valence-electron chi connectivity index (χ1n) is 8.17. The fourth-order valence-electron chi connectivity index (χ4n) is 2.87. The van der Waals surface area contributed by atoms with E-state index in [4.69, 9.17) is 23.2 Å². The van der Waals surface area contributed by atoms with Crippen LogP contribution in [0.2, 0.25) is 10.0 Å². The van der Waals surface area contributed by atoms with Crippen molar-refractivity contribution in [2.75, 3.05) is 0 Å². The molecule has 0 atom stereocenters. The monoisotopic (exact) mass is 411 g/mol. The van der Waals surface area contributed by atoms with Crippen molar-refractivity contribution in [3.05, 3.63) is 89.0 Å². The third-order valence-corrected chi connectivity index (χ3v) is 4.69. The number of nitrogens with zero attached hydrogens (tertiary/aromatic N) is 1. The normalized spacial score (nSPS) is 10.8. The number of H-pyrrole nitrogens is 2. The van der Waals surface area contributed by atoms with Crippen LogP contribution < -0.4 is 16.5 Å². The van der Waals surface area contributed by atoms with Gasteiger partial charge in [-0.25, -0.2) is 4.68 Å². The van der Waals surface area contributed by atoms with Gasteiger partial charge in [-0.2, -0.15) is 0 Å². The van der Waals surface area contributed by atoms with E-state index in [9.17, 15) is 14.4 Å². The van der Waals surface area contributed by atoms with E-state index in [1.165, 1.54) is 12.1 Å². The average Bonchev–Trinajstić information content (AvgIpc) is 2.67. The summed E-state index contributed by atoms with van der Waals surface area (Å²) >= 11 is 11.8. The third kappa shape index (κ3) is 3.22. The van der Waals surface area contributed by atoms with Gasteiger partial charge in [0.25, 0.3) is 11.1 Å². The first-order valence-corrected chi connectivity index (χ1v) is 8.92. The summed E-state index contributed by atoms with van der Waals surface area (Å²) in [6.45, 7) is -0.0786. The van der Waals surface area contributed by atoms with Gasteiger partial charge in [-0.3, -0.25) is 19.5 Å². The minimum atomic E-state index is -0.627. The second kappa shape index (κ2) is 7.04. The molecule has 0 saturated heterocycles. The number of halogens is 2. The SMILES string of the molecule is O=c1[nH]n(CC#Cc2ccc(Cl)cc2)c(=O)c2c(=O)c3ccc(Cl)cc3[nH]c12. The fourth-order valence-corrected chi connectivity index (χ4v) is 3.17. The maximum atomic E-state index is 12.8. The molecule has 0 aliphatic rings. The highest BCUT2D eigenvalue weighted by Gasteiger charge is 2.14. The van der Waals surface area contributed by atoms with Gasteiger partial charge in [0.2, 0.25) is 5.43 Å². The van der Waals surface area contributed by atoms with Gasteiger partial charge in [-0.15, -0.1) is 0 Å². The molecule has 2 aromatic carbocycles. The Kier molecular flexibility index (Phi) is 4.55. The zero-order valence-electron chi connectivity index (χ0n) is 14.2. The van der Waals surface area contributed by atoms with Crippen LogP contribution in [-0.4, -0.2) is 14.8 Å². The number of aromatic nitrogens is 3. The molecule has 0 unspecified atom stereocenters. The zero-order valence-corrected chi connectivity index (χ0v) is 15.7. The van der Waals surface area contributed by atoms with Crippen molar-refractivity contribution in [2.24, 2.45) is 0 Å². The number of hydrogen-bond acceptors (Lipinski definition) is 3. The van der Waals surface area contributed by atoms with Crippen LogP contribution in [0.4, 0.5) is 0 Å². The molecule has 0 aliphatic carbocycles. The Morgan fingerprint density at radius 2 is 1.68 bits per heavy atom. The van der Waals surface area contributed by atoms with Crippen LogP contribution in [0, 0.1) is 11.8 Å². The van der Waals surface area contributed by atoms with E-state index < -0.39 is 16.5 Å². The molecule has 4 rings (SSSR count). The first kappa shape index (κ1) is 18.1. The molecule has 2 aromatic heterocycles. The van der Waals surface area contributed by atoms with Crippen molar-refractivity contribution in [2.45, 2.75) is 6.54 Å². The van der Waals surface area contributed by atoms with Crippen LogP contribution in [0.15, 0.2) is 56.8 Å². The standard InChI is InChI=1S/C20H11Cl2N3O3/c21-12-5-3-11(4-6-12)2-1-9-25-20(28)16-17(19(27)24-25)23-15-10-13(22)7-8-14(15)18(16)26/h3-8,10H,9H2,(H,23,26)(H,24,27). The summed E-state index contributed by atoms with van der Waals surface area (Å²) in [6, 6.07) is 11.5. The van der Waals surface area contributed by atoms with E-state index in [1.54, 1.807) is 30.3 Å². The maximum absolute atomic E-state index is 12.8. The van der Waals surface area contributed by atoms with Crippen molar-refractivity contribution in [1.29, 1.82) is 0 Å². The van der Waals surface area contributed by atoms with Crippen LogP contribution in [0.1, 0.15) is 5.56 Å². The van der Waals surface area contributed by atoms with Crippen LogP contribution in [0.3, 0.4) is 0 Å². The molecule has 0 amide bonds. The Labute approximate surface area is 167 Å². The lowest BCUT2D eigenvalue weighted by Crippen LogP contribution is -2.33. The largest absolute Gasteiger partial charge is 0.350 e. The molecule has 28 heavy (non-hydrogen) atoms. The summed E-state index contributed by atoms with van der Waals surface area (Å²) in [6.07, 6.45) is 0. The molecule has 0 saturated carbocycles. The number of fused-ring (bicyclic) bond motifs is 2. The van der Waals surface area contributed by atoms with Gasteiger partial charge in [0.15, 0.2) is 0 Å². The van der Waals surface area contributed by atoms with Gasteiger partial charge in [-0.1, -0.05) is 35.0 Å². The molecule has 8 heteroatoms. The molecule has 0 aliphatic heterocycles. The van der Waals surface area contributed by atoms with Crippen molar-refractivity contribution >= 4 is 45.0 Å². The van der Waals surface area contributed by atoms with Crippen LogP contribution in [0.25, 0.3) is 21.8 Å². The number of nitrogens with one attached hydrogen (secondary N) is 2. The third-order valence-electron chi connectivity index (χ3n) is 4.20. The number of aromatic amines is 2. The van der Waals surface area contributed by atoms with Crippen LogP contribution in [0.5, 0.6) is 0 Å². The predicted molar refractivity (Wildman–Crippen MR) is 110 cm³/mol. The summed E-state index contributed by atoms with van der Waals surface area (Å²) in [5.74, 6) is 5.68. The lowest BCUT2D eigenvalue weighted by Gasteiger charge is -2.05. The smallest absolute Gasteiger partial charge is 0.287 e. The quantitative estimate of drug-likeness (QED) is 0.372. The molecule has 4 aromatic rings. The Morgan fingerprint density at radius 1 is 0.964 bits per heavy atom. The van der Waals surface area contributed by atoms with Crippen molar-refractivity contribution in [1.82, 2.24) is 14.8 Å². The molecule has 2 heterocycles. The second-order valence-corrected chi connectivity index (χ2v) is 6.91. The Morgan fingerprint density at radius 3 is 2.43 bits per heavy atom. The molecule has 0 radical (unpaired) electrons. The minimum Gasteiger partial charge on any atom is -0.350 e. The summed E-state index contributed by atoms with van der Waals surface area (Å²) in [7, 11) is 0. The highest BCUT2D eigenvalue weighted by atomic mass is 35.5. The molecule has 6 nitrogen and oxygen atoms in total. The highest BCUT2D eigenvalue weighted by Crippen LogP contribution is 2.16. The Bertz CT molecular complexity index is 1470. The summed E-state index contributed by atoms with van der Waals surface area (Å²) in [5.41, 5.74) is -0.751.